The van der Waals surface area contributed by atoms with Gasteiger partial charge < -0.3 is 15.2 Å². The first kappa shape index (κ1) is 19.7. The summed E-state index contributed by atoms with van der Waals surface area (Å²) in [7, 11) is 4.02. The summed E-state index contributed by atoms with van der Waals surface area (Å²) in [5.74, 6) is -0.0340. The van der Waals surface area contributed by atoms with Crippen LogP contribution < -0.4 is 15.8 Å². The van der Waals surface area contributed by atoms with E-state index in [0.717, 1.165) is 28.6 Å². The fourth-order valence-electron chi connectivity index (χ4n) is 3.19. The van der Waals surface area contributed by atoms with Gasteiger partial charge in [0.2, 0.25) is 5.91 Å². The van der Waals surface area contributed by atoms with Gasteiger partial charge in [-0.15, -0.1) is 0 Å². The molecule has 0 saturated heterocycles. The number of carbonyl (C=O) groups excluding carboxylic acids is 1. The number of aromatic nitrogens is 1. The molecule has 2 aromatic carbocycles. The molecule has 0 radical (unpaired) electrons. The van der Waals surface area contributed by atoms with E-state index in [1.807, 2.05) is 45.3 Å². The molecule has 146 valence electrons. The Morgan fingerprint density at radius 1 is 1.04 bits per heavy atom. The van der Waals surface area contributed by atoms with Crippen molar-refractivity contribution in [2.24, 2.45) is 0 Å². The Morgan fingerprint density at radius 2 is 1.79 bits per heavy atom. The highest BCUT2D eigenvalue weighted by Crippen LogP contribution is 2.14. The highest BCUT2D eigenvalue weighted by molar-refractivity contribution is 5.80. The normalized spacial score (nSPS) is 10.8. The Balaban J connectivity index is 1.50. The molecule has 1 amide bonds. The summed E-state index contributed by atoms with van der Waals surface area (Å²) >= 11 is 0. The van der Waals surface area contributed by atoms with Crippen molar-refractivity contribution in [1.82, 2.24) is 10.3 Å². The lowest BCUT2D eigenvalue weighted by atomic mass is 10.1. The van der Waals surface area contributed by atoms with Gasteiger partial charge in [0.25, 0.3) is 5.56 Å². The van der Waals surface area contributed by atoms with Crippen LogP contribution in [0.2, 0.25) is 0 Å². The molecule has 0 saturated carbocycles. The molecule has 0 bridgehead atoms. The van der Waals surface area contributed by atoms with Crippen molar-refractivity contribution in [1.29, 1.82) is 0 Å². The Bertz CT molecular complexity index is 1020. The maximum atomic E-state index is 12.2. The number of H-pyrrole nitrogens is 1. The van der Waals surface area contributed by atoms with Crippen LogP contribution in [0.3, 0.4) is 0 Å². The molecule has 1 aromatic heterocycles. The van der Waals surface area contributed by atoms with Gasteiger partial charge in [0.1, 0.15) is 0 Å². The van der Waals surface area contributed by atoms with Crippen molar-refractivity contribution in [3.8, 4) is 0 Å². The van der Waals surface area contributed by atoms with Crippen LogP contribution in [0.15, 0.2) is 53.3 Å². The van der Waals surface area contributed by atoms with Gasteiger partial charge in [0, 0.05) is 43.8 Å². The van der Waals surface area contributed by atoms with Gasteiger partial charge in [-0.25, -0.2) is 0 Å². The monoisotopic (exact) mass is 377 g/mol. The number of aryl methyl sites for hydroxylation is 2. The summed E-state index contributed by atoms with van der Waals surface area (Å²) in [5.41, 5.74) is 4.80. The van der Waals surface area contributed by atoms with Gasteiger partial charge in [0.15, 0.2) is 0 Å². The lowest BCUT2D eigenvalue weighted by Crippen LogP contribution is -2.26. The number of anilines is 1. The maximum Gasteiger partial charge on any atom is 0.251 e. The first-order chi connectivity index (χ1) is 13.4. The third kappa shape index (κ3) is 5.00. The minimum absolute atomic E-state index is 0.0340. The van der Waals surface area contributed by atoms with Crippen LogP contribution in [0.5, 0.6) is 0 Å². The number of nitrogens with one attached hydrogen (secondary N) is 2. The number of amides is 1. The van der Waals surface area contributed by atoms with Crippen LogP contribution in [0.1, 0.15) is 23.1 Å². The third-order valence-corrected chi connectivity index (χ3v) is 4.89. The number of carbonyl (C=O) groups is 1. The van der Waals surface area contributed by atoms with E-state index in [4.69, 9.17) is 0 Å². The Kier molecular flexibility index (Phi) is 6.14. The van der Waals surface area contributed by atoms with Crippen molar-refractivity contribution >= 4 is 22.5 Å². The highest BCUT2D eigenvalue weighted by Gasteiger charge is 2.07. The second kappa shape index (κ2) is 8.74. The maximum absolute atomic E-state index is 12.2. The van der Waals surface area contributed by atoms with Crippen LogP contribution in [-0.2, 0) is 17.6 Å². The molecule has 5 nitrogen and oxygen atoms in total. The lowest BCUT2D eigenvalue weighted by molar-refractivity contribution is -0.121. The Hall–Kier alpha value is -3.08. The van der Waals surface area contributed by atoms with Crippen molar-refractivity contribution < 1.29 is 4.79 Å². The van der Waals surface area contributed by atoms with E-state index in [0.29, 0.717) is 24.9 Å². The summed E-state index contributed by atoms with van der Waals surface area (Å²) in [6.45, 7) is 2.58. The summed E-state index contributed by atoms with van der Waals surface area (Å²) in [6.07, 6.45) is 1.53. The molecule has 0 aliphatic rings. The Labute approximate surface area is 165 Å². The van der Waals surface area contributed by atoms with Crippen molar-refractivity contribution in [3.63, 3.8) is 0 Å². The van der Waals surface area contributed by atoms with Crippen LogP contribution in [0.25, 0.3) is 10.9 Å². The van der Waals surface area contributed by atoms with Crippen LogP contribution in [0.4, 0.5) is 5.69 Å². The molecule has 28 heavy (non-hydrogen) atoms. The standard InChI is InChI=1S/C23H27N3O2/c1-16-4-7-18-15-19(23(28)25-21(18)14-16)8-11-22(27)24-13-12-17-5-9-20(10-6-17)26(2)3/h4-7,9-10,14-15H,8,11-13H2,1-3H3,(H,24,27)(H,25,28). The molecule has 0 aliphatic heterocycles. The lowest BCUT2D eigenvalue weighted by Gasteiger charge is -2.12. The molecular formula is C23H27N3O2. The second-order valence-corrected chi connectivity index (χ2v) is 7.38. The summed E-state index contributed by atoms with van der Waals surface area (Å²) < 4.78 is 0. The van der Waals surface area contributed by atoms with Gasteiger partial charge in [0.05, 0.1) is 0 Å². The molecule has 5 heteroatoms. The van der Waals surface area contributed by atoms with Crippen LogP contribution in [-0.4, -0.2) is 31.5 Å². The van der Waals surface area contributed by atoms with Crippen LogP contribution >= 0.6 is 0 Å². The van der Waals surface area contributed by atoms with E-state index in [9.17, 15) is 9.59 Å². The predicted molar refractivity (Wildman–Crippen MR) is 115 cm³/mol. The first-order valence-corrected chi connectivity index (χ1v) is 9.58. The molecule has 3 aromatic rings. The molecule has 0 spiro atoms. The largest absolute Gasteiger partial charge is 0.378 e. The second-order valence-electron chi connectivity index (χ2n) is 7.38. The number of benzene rings is 2. The van der Waals surface area contributed by atoms with Crippen molar-refractivity contribution in [3.05, 3.63) is 75.6 Å². The van der Waals surface area contributed by atoms with Gasteiger partial charge in [-0.2, -0.15) is 0 Å². The SMILES string of the molecule is Cc1ccc2cc(CCC(=O)NCCc3ccc(N(C)C)cc3)c(=O)[nH]c2c1. The first-order valence-electron chi connectivity index (χ1n) is 9.58. The third-order valence-electron chi connectivity index (χ3n) is 4.89. The molecule has 2 N–H and O–H groups in total. The number of aromatic amines is 1. The number of hydrogen-bond donors (Lipinski definition) is 2. The minimum Gasteiger partial charge on any atom is -0.378 e. The summed E-state index contributed by atoms with van der Waals surface area (Å²) in [4.78, 5) is 29.3. The smallest absolute Gasteiger partial charge is 0.251 e. The molecular weight excluding hydrogens is 350 g/mol. The van der Waals surface area contributed by atoms with Crippen LogP contribution in [0, 0.1) is 6.92 Å². The van der Waals surface area contributed by atoms with Gasteiger partial charge >= 0.3 is 0 Å². The van der Waals surface area contributed by atoms with E-state index in [1.165, 1.54) is 5.56 Å². The number of nitrogens with zero attached hydrogens (tertiary/aromatic N) is 1. The fraction of sp³-hybridized carbons (Fsp3) is 0.304. The minimum atomic E-state index is -0.119. The Morgan fingerprint density at radius 3 is 2.50 bits per heavy atom. The predicted octanol–water partition coefficient (Wildman–Crippen LogP) is 3.19. The number of pyridine rings is 1. The zero-order valence-electron chi connectivity index (χ0n) is 16.7. The van der Waals surface area contributed by atoms with E-state index in [2.05, 4.69) is 39.5 Å². The number of fused-ring (bicyclic) bond motifs is 1. The van der Waals surface area contributed by atoms with E-state index in [-0.39, 0.29) is 11.5 Å². The topological polar surface area (TPSA) is 65.2 Å². The average Bonchev–Trinajstić information content (AvgIpc) is 2.66. The molecule has 0 atom stereocenters. The summed E-state index contributed by atoms with van der Waals surface area (Å²) in [5, 5.41) is 3.93. The molecule has 0 unspecified atom stereocenters. The fourth-order valence-corrected chi connectivity index (χ4v) is 3.19. The van der Waals surface area contributed by atoms with Crippen molar-refractivity contribution in [2.45, 2.75) is 26.2 Å². The van der Waals surface area contributed by atoms with Gasteiger partial charge in [-0.3, -0.25) is 9.59 Å². The zero-order valence-corrected chi connectivity index (χ0v) is 16.7. The highest BCUT2D eigenvalue weighted by atomic mass is 16.1. The van der Waals surface area contributed by atoms with Gasteiger partial charge in [-0.1, -0.05) is 24.3 Å². The quantitative estimate of drug-likeness (QED) is 0.665. The van der Waals surface area contributed by atoms with E-state index in [1.54, 1.807) is 0 Å². The number of hydrogen-bond acceptors (Lipinski definition) is 3. The average molecular weight is 377 g/mol. The molecule has 1 heterocycles. The molecule has 0 fully saturated rings. The zero-order chi connectivity index (χ0) is 20.1. The van der Waals surface area contributed by atoms with Gasteiger partial charge in [-0.05, 0) is 60.5 Å². The molecule has 3 rings (SSSR count). The number of rotatable bonds is 7. The summed E-state index contributed by atoms with van der Waals surface area (Å²) in [6, 6.07) is 16.2. The van der Waals surface area contributed by atoms with Crippen molar-refractivity contribution in [2.75, 3.05) is 25.5 Å². The molecule has 0 aliphatic carbocycles. The van der Waals surface area contributed by atoms with E-state index >= 15 is 0 Å². The van der Waals surface area contributed by atoms with E-state index < -0.39 is 0 Å².